The van der Waals surface area contributed by atoms with E-state index in [1.54, 1.807) is 11.0 Å². The summed E-state index contributed by atoms with van der Waals surface area (Å²) in [4.78, 5) is 16.6. The molecule has 0 atom stereocenters. The van der Waals surface area contributed by atoms with Crippen molar-refractivity contribution < 1.29 is 9.90 Å². The van der Waals surface area contributed by atoms with E-state index < -0.39 is 5.97 Å². The maximum atomic E-state index is 10.7. The monoisotopic (exact) mass is 306 g/mol. The molecule has 0 saturated heterocycles. The molecule has 0 amide bonds. The van der Waals surface area contributed by atoms with Crippen LogP contribution >= 0.6 is 27.5 Å². The Bertz CT molecular complexity index is 387. The van der Waals surface area contributed by atoms with Crippen molar-refractivity contribution in [2.75, 3.05) is 18.0 Å². The summed E-state index contributed by atoms with van der Waals surface area (Å²) in [6.07, 6.45) is 2.36. The van der Waals surface area contributed by atoms with Gasteiger partial charge in [0.15, 0.2) is 0 Å². The average Bonchev–Trinajstić information content (AvgIpc) is 2.16. The third-order valence-corrected chi connectivity index (χ3v) is 2.70. The summed E-state index contributed by atoms with van der Waals surface area (Å²) in [5, 5.41) is 9.32. The SMILES string of the molecule is CCCN(CC(=O)O)c1ncc(Cl)cc1Br. The molecule has 16 heavy (non-hydrogen) atoms. The second kappa shape index (κ2) is 6.06. The van der Waals surface area contributed by atoms with Crippen molar-refractivity contribution in [3.8, 4) is 0 Å². The van der Waals surface area contributed by atoms with Crippen molar-refractivity contribution in [1.82, 2.24) is 4.98 Å². The summed E-state index contributed by atoms with van der Waals surface area (Å²) in [7, 11) is 0. The van der Waals surface area contributed by atoms with Gasteiger partial charge in [-0.3, -0.25) is 4.79 Å². The molecule has 0 aliphatic rings. The van der Waals surface area contributed by atoms with Crippen molar-refractivity contribution in [1.29, 1.82) is 0 Å². The molecule has 1 N–H and O–H groups in total. The van der Waals surface area contributed by atoms with Gasteiger partial charge in [-0.05, 0) is 28.4 Å². The Balaban J connectivity index is 2.95. The maximum absolute atomic E-state index is 10.7. The number of anilines is 1. The number of nitrogens with zero attached hydrogens (tertiary/aromatic N) is 2. The van der Waals surface area contributed by atoms with Crippen molar-refractivity contribution in [3.63, 3.8) is 0 Å². The molecule has 0 fully saturated rings. The van der Waals surface area contributed by atoms with Gasteiger partial charge in [0, 0.05) is 12.7 Å². The minimum absolute atomic E-state index is 0.0684. The highest BCUT2D eigenvalue weighted by molar-refractivity contribution is 9.10. The van der Waals surface area contributed by atoms with Crippen LogP contribution in [0.1, 0.15) is 13.3 Å². The number of pyridine rings is 1. The normalized spacial score (nSPS) is 10.2. The van der Waals surface area contributed by atoms with Crippen molar-refractivity contribution in [2.24, 2.45) is 0 Å². The van der Waals surface area contributed by atoms with Gasteiger partial charge >= 0.3 is 5.97 Å². The van der Waals surface area contributed by atoms with Crippen LogP contribution in [-0.2, 0) is 4.79 Å². The lowest BCUT2D eigenvalue weighted by Gasteiger charge is -2.22. The van der Waals surface area contributed by atoms with E-state index in [0.29, 0.717) is 21.9 Å². The molecule has 1 heterocycles. The molecule has 0 bridgehead atoms. The first-order chi connectivity index (χ1) is 7.54. The number of carboxylic acid groups (broad SMARTS) is 1. The Morgan fingerprint density at radius 2 is 2.38 bits per heavy atom. The lowest BCUT2D eigenvalue weighted by atomic mass is 10.3. The summed E-state index contributed by atoms with van der Waals surface area (Å²) in [5.41, 5.74) is 0. The molecular weight excluding hydrogens is 295 g/mol. The molecular formula is C10H12BrClN2O2. The van der Waals surface area contributed by atoms with Gasteiger partial charge in [0.1, 0.15) is 12.4 Å². The van der Waals surface area contributed by atoms with E-state index in [9.17, 15) is 4.79 Å². The van der Waals surface area contributed by atoms with E-state index in [1.165, 1.54) is 6.20 Å². The third kappa shape index (κ3) is 3.64. The Morgan fingerprint density at radius 1 is 1.69 bits per heavy atom. The molecule has 0 unspecified atom stereocenters. The lowest BCUT2D eigenvalue weighted by molar-refractivity contribution is -0.135. The number of aliphatic carboxylic acids is 1. The van der Waals surface area contributed by atoms with Gasteiger partial charge in [0.2, 0.25) is 0 Å². The number of hydrogen-bond acceptors (Lipinski definition) is 3. The van der Waals surface area contributed by atoms with Gasteiger partial charge < -0.3 is 10.0 Å². The molecule has 0 aromatic carbocycles. The molecule has 1 aromatic rings. The quantitative estimate of drug-likeness (QED) is 0.909. The zero-order chi connectivity index (χ0) is 12.1. The number of halogens is 2. The molecule has 0 saturated carbocycles. The smallest absolute Gasteiger partial charge is 0.323 e. The first-order valence-electron chi connectivity index (χ1n) is 4.82. The summed E-state index contributed by atoms with van der Waals surface area (Å²) in [6.45, 7) is 2.55. The van der Waals surface area contributed by atoms with Gasteiger partial charge in [0.05, 0.1) is 9.50 Å². The Morgan fingerprint density at radius 3 is 2.88 bits per heavy atom. The molecule has 1 rings (SSSR count). The Kier molecular flexibility index (Phi) is 5.02. The lowest BCUT2D eigenvalue weighted by Crippen LogP contribution is -2.31. The second-order valence-electron chi connectivity index (χ2n) is 3.27. The van der Waals surface area contributed by atoms with Crippen LogP contribution in [0.2, 0.25) is 5.02 Å². The number of hydrogen-bond donors (Lipinski definition) is 1. The highest BCUT2D eigenvalue weighted by Gasteiger charge is 2.14. The van der Waals surface area contributed by atoms with E-state index in [1.807, 2.05) is 6.92 Å². The van der Waals surface area contributed by atoms with Crippen LogP contribution in [0.5, 0.6) is 0 Å². The first kappa shape index (κ1) is 13.3. The maximum Gasteiger partial charge on any atom is 0.323 e. The van der Waals surface area contributed by atoms with E-state index in [2.05, 4.69) is 20.9 Å². The van der Waals surface area contributed by atoms with Crippen LogP contribution in [0, 0.1) is 0 Å². The van der Waals surface area contributed by atoms with E-state index in [4.69, 9.17) is 16.7 Å². The van der Waals surface area contributed by atoms with Crippen molar-refractivity contribution in [3.05, 3.63) is 21.8 Å². The molecule has 1 aromatic heterocycles. The molecule has 6 heteroatoms. The van der Waals surface area contributed by atoms with Crippen molar-refractivity contribution in [2.45, 2.75) is 13.3 Å². The Hall–Kier alpha value is -0.810. The largest absolute Gasteiger partial charge is 0.480 e. The Labute approximate surface area is 107 Å². The minimum Gasteiger partial charge on any atom is -0.480 e. The molecule has 0 aliphatic heterocycles. The fourth-order valence-electron chi connectivity index (χ4n) is 1.33. The van der Waals surface area contributed by atoms with Crippen LogP contribution in [0.3, 0.4) is 0 Å². The van der Waals surface area contributed by atoms with Gasteiger partial charge in [-0.25, -0.2) is 4.98 Å². The van der Waals surface area contributed by atoms with Gasteiger partial charge in [-0.15, -0.1) is 0 Å². The summed E-state index contributed by atoms with van der Waals surface area (Å²) in [6, 6.07) is 1.70. The summed E-state index contributed by atoms with van der Waals surface area (Å²) < 4.78 is 0.703. The first-order valence-corrected chi connectivity index (χ1v) is 5.99. The predicted molar refractivity (Wildman–Crippen MR) is 67.1 cm³/mol. The third-order valence-electron chi connectivity index (χ3n) is 1.91. The molecule has 88 valence electrons. The van der Waals surface area contributed by atoms with Crippen LogP contribution < -0.4 is 4.90 Å². The number of aromatic nitrogens is 1. The molecule has 0 spiro atoms. The second-order valence-corrected chi connectivity index (χ2v) is 4.57. The van der Waals surface area contributed by atoms with Gasteiger partial charge in [-0.1, -0.05) is 18.5 Å². The number of carboxylic acids is 1. The standard InChI is InChI=1S/C10H12BrClN2O2/c1-2-3-14(6-9(15)16)10-8(11)4-7(12)5-13-10/h4-5H,2-3,6H2,1H3,(H,15,16). The zero-order valence-electron chi connectivity index (χ0n) is 8.78. The average molecular weight is 308 g/mol. The summed E-state index contributed by atoms with van der Waals surface area (Å²) in [5.74, 6) is -0.272. The highest BCUT2D eigenvalue weighted by Crippen LogP contribution is 2.26. The van der Waals surface area contributed by atoms with Crippen LogP contribution in [-0.4, -0.2) is 29.1 Å². The number of carbonyl (C=O) groups is 1. The fraction of sp³-hybridized carbons (Fsp3) is 0.400. The van der Waals surface area contributed by atoms with Gasteiger partial charge in [0.25, 0.3) is 0 Å². The zero-order valence-corrected chi connectivity index (χ0v) is 11.1. The fourth-order valence-corrected chi connectivity index (χ4v) is 2.22. The molecule has 0 aliphatic carbocycles. The van der Waals surface area contributed by atoms with Crippen LogP contribution in [0.25, 0.3) is 0 Å². The van der Waals surface area contributed by atoms with E-state index >= 15 is 0 Å². The predicted octanol–water partition coefficient (Wildman–Crippen LogP) is 2.80. The van der Waals surface area contributed by atoms with Crippen LogP contribution in [0.4, 0.5) is 5.82 Å². The van der Waals surface area contributed by atoms with Crippen LogP contribution in [0.15, 0.2) is 16.7 Å². The van der Waals surface area contributed by atoms with E-state index in [-0.39, 0.29) is 6.54 Å². The highest BCUT2D eigenvalue weighted by atomic mass is 79.9. The molecule has 4 nitrogen and oxygen atoms in total. The molecule has 0 radical (unpaired) electrons. The van der Waals surface area contributed by atoms with E-state index in [0.717, 1.165) is 6.42 Å². The summed E-state index contributed by atoms with van der Waals surface area (Å²) >= 11 is 9.10. The minimum atomic E-state index is -0.878. The van der Waals surface area contributed by atoms with Crippen molar-refractivity contribution >= 4 is 39.3 Å². The topological polar surface area (TPSA) is 53.4 Å². The van der Waals surface area contributed by atoms with Gasteiger partial charge in [-0.2, -0.15) is 0 Å². The number of rotatable bonds is 5.